The molecule has 17 heteroatoms. The fraction of sp³-hybridized carbons (Fsp3) is 0.846. The zero-order valence-corrected chi connectivity index (χ0v) is 44.3. The SMILES string of the molecule is CC(=O)CC(C)=O.CC(C)=O.CCC(=O)C(=O)CC.CCC(=O)CC.CCP(C)(=O)CC.CCS(=O)(=O)CC.CC[Si](C)(C)CC.CP(C)(C)=O.CS(C)(=O)=O. The number of carbonyl (C=O) groups excluding carboxylic acids is 6. The normalized spacial score (nSPS) is 10.2. The van der Waals surface area contributed by atoms with Crippen LogP contribution in [-0.4, -0.2) is 123 Å². The third kappa shape index (κ3) is 132. The maximum atomic E-state index is 11.0. The zero-order chi connectivity index (χ0) is 47.7. The number of hydrogen-bond acceptors (Lipinski definition) is 12. The van der Waals surface area contributed by atoms with Gasteiger partial charge in [0.25, 0.3) is 0 Å². The lowest BCUT2D eigenvalue weighted by molar-refractivity contribution is -0.136. The molecular weight excluding hydrogens is 815 g/mol. The van der Waals surface area contributed by atoms with Crippen molar-refractivity contribution in [2.45, 2.75) is 154 Å². The summed E-state index contributed by atoms with van der Waals surface area (Å²) in [7, 11) is -9.27. The molecule has 12 nitrogen and oxygen atoms in total. The Morgan fingerprint density at radius 3 is 0.750 bits per heavy atom. The van der Waals surface area contributed by atoms with Crippen molar-refractivity contribution in [2.75, 3.05) is 63.0 Å². The summed E-state index contributed by atoms with van der Waals surface area (Å²) in [5, 5.41) is 0. The summed E-state index contributed by atoms with van der Waals surface area (Å²) in [6.45, 7) is 36.8. The summed E-state index contributed by atoms with van der Waals surface area (Å²) < 4.78 is 61.2. The number of Topliss-reactive ketones (excluding diaryl/α,β-unsaturated/α-hetero) is 6. The highest BCUT2D eigenvalue weighted by Crippen LogP contribution is 2.39. The van der Waals surface area contributed by atoms with Gasteiger partial charge in [0, 0.05) is 57.8 Å². The van der Waals surface area contributed by atoms with Crippen LogP contribution in [0.1, 0.15) is 129 Å². The predicted octanol–water partition coefficient (Wildman–Crippen LogP) is 9.56. The van der Waals surface area contributed by atoms with E-state index in [0.717, 1.165) is 24.8 Å². The maximum Gasteiger partial charge on any atom is 0.198 e. The second-order valence-corrected chi connectivity index (χ2v) is 32.7. The van der Waals surface area contributed by atoms with Crippen LogP contribution in [0.25, 0.3) is 0 Å². The molecule has 0 aromatic carbocycles. The smallest absolute Gasteiger partial charge is 0.198 e. The van der Waals surface area contributed by atoms with E-state index in [1.807, 2.05) is 34.4 Å². The Kier molecular flexibility index (Phi) is 60.2. The van der Waals surface area contributed by atoms with Gasteiger partial charge in [-0.05, 0) is 66.7 Å². The minimum absolute atomic E-state index is 0.0625. The topological polar surface area (TPSA) is 205 Å². The molecule has 0 N–H and O–H groups in total. The highest BCUT2D eigenvalue weighted by molar-refractivity contribution is 7.91. The number of ketones is 6. The second-order valence-electron chi connectivity index (χ2n) is 14.4. The first kappa shape index (κ1) is 75.4. The molecule has 0 aliphatic heterocycles. The van der Waals surface area contributed by atoms with Crippen LogP contribution in [0.2, 0.25) is 25.2 Å². The van der Waals surface area contributed by atoms with E-state index in [0.29, 0.717) is 31.5 Å². The van der Waals surface area contributed by atoms with Gasteiger partial charge < -0.3 is 13.9 Å². The van der Waals surface area contributed by atoms with Crippen LogP contribution in [0.4, 0.5) is 0 Å². The third-order valence-corrected chi connectivity index (χ3v) is 14.6. The summed E-state index contributed by atoms with van der Waals surface area (Å²) in [6, 6.07) is 2.87. The van der Waals surface area contributed by atoms with Gasteiger partial charge >= 0.3 is 0 Å². The van der Waals surface area contributed by atoms with E-state index in [1.165, 1.54) is 39.8 Å². The summed E-state index contributed by atoms with van der Waals surface area (Å²) >= 11 is 0. The lowest BCUT2D eigenvalue weighted by atomic mass is 10.2. The van der Waals surface area contributed by atoms with Gasteiger partial charge in [-0.1, -0.05) is 94.4 Å². The van der Waals surface area contributed by atoms with Crippen LogP contribution in [0.5, 0.6) is 0 Å². The van der Waals surface area contributed by atoms with E-state index in [2.05, 4.69) is 26.9 Å². The van der Waals surface area contributed by atoms with Crippen molar-refractivity contribution in [1.82, 2.24) is 0 Å². The lowest BCUT2D eigenvalue weighted by Gasteiger charge is -2.15. The summed E-state index contributed by atoms with van der Waals surface area (Å²) in [4.78, 5) is 60.5. The average molecular weight is 903 g/mol. The molecule has 0 unspecified atom stereocenters. The van der Waals surface area contributed by atoms with Gasteiger partial charge in [0.1, 0.15) is 42.8 Å². The monoisotopic (exact) mass is 902 g/mol. The van der Waals surface area contributed by atoms with Gasteiger partial charge in [0.15, 0.2) is 11.6 Å². The third-order valence-electron chi connectivity index (χ3n) is 6.37. The summed E-state index contributed by atoms with van der Waals surface area (Å²) in [5.41, 5.74) is 0. The van der Waals surface area contributed by atoms with Gasteiger partial charge in [-0.2, -0.15) is 0 Å². The van der Waals surface area contributed by atoms with Crippen molar-refractivity contribution in [3.8, 4) is 0 Å². The highest BCUT2D eigenvalue weighted by atomic mass is 32.2. The Hall–Kier alpha value is -1.40. The summed E-state index contributed by atoms with van der Waals surface area (Å²) in [6.07, 6.45) is 6.17. The van der Waals surface area contributed by atoms with Crippen LogP contribution in [0.15, 0.2) is 0 Å². The fourth-order valence-corrected chi connectivity index (χ4v) is 3.03. The number of carbonyl (C=O) groups is 6. The second kappa shape index (κ2) is 44.7. The number of hydrogen-bond donors (Lipinski definition) is 0. The first-order valence-electron chi connectivity index (χ1n) is 19.2. The highest BCUT2D eigenvalue weighted by Gasteiger charge is 2.13. The first-order chi connectivity index (χ1) is 24.7. The molecule has 0 fully saturated rings. The van der Waals surface area contributed by atoms with Crippen molar-refractivity contribution < 1.29 is 54.7 Å². The van der Waals surface area contributed by atoms with Crippen molar-refractivity contribution in [1.29, 1.82) is 0 Å². The molecule has 0 aliphatic carbocycles. The van der Waals surface area contributed by atoms with Gasteiger partial charge in [0.05, 0.1) is 20.7 Å². The number of rotatable bonds is 13. The summed E-state index contributed by atoms with van der Waals surface area (Å²) in [5.74, 6) is 0.405. The first-order valence-corrected chi connectivity index (χ1v) is 32.3. The van der Waals surface area contributed by atoms with Crippen molar-refractivity contribution in [3.05, 3.63) is 0 Å². The standard InChI is InChI=1S/C6H10O2.C6H16Si.C5H8O2.C5H13OP.C5H10O.C4H10O2S.C3H9OP.C3H6O.C2H6O2S/c1-3-5(7)6(8)4-2;1-5-7(3,4)6-2;1-4(6)3-5(2)7;1-4-7(3,6)5-2;1-3-5(6)4-2;1-3-7(5,6)4-2;1-5(2,3)4;1-3(2)4;1-5(2,3)4/h3-4H2,1-2H3;5-6H2,1-4H3;3H2,1-2H3;4-5H2,1-3H3;3-4H2,1-2H3;3-4H2,1-2H3;1-3H3;1-2H3;1-2H3. The van der Waals surface area contributed by atoms with Crippen LogP contribution < -0.4 is 0 Å². The quantitative estimate of drug-likeness (QED) is 0.0733. The molecule has 342 valence electrons. The van der Waals surface area contributed by atoms with E-state index in [1.54, 1.807) is 47.7 Å². The van der Waals surface area contributed by atoms with Gasteiger partial charge in [-0.15, -0.1) is 0 Å². The molecule has 56 heavy (non-hydrogen) atoms. The van der Waals surface area contributed by atoms with Gasteiger partial charge in [0.2, 0.25) is 0 Å². The van der Waals surface area contributed by atoms with Gasteiger partial charge in [-0.3, -0.25) is 24.0 Å². The maximum absolute atomic E-state index is 11.0. The van der Waals surface area contributed by atoms with Crippen LogP contribution in [0, 0.1) is 0 Å². The molecule has 0 saturated heterocycles. The van der Waals surface area contributed by atoms with Crippen LogP contribution in [-0.2, 0) is 57.6 Å². The van der Waals surface area contributed by atoms with E-state index in [9.17, 15) is 54.7 Å². The molecule has 0 atom stereocenters. The molecule has 0 aliphatic rings. The molecule has 0 amide bonds. The van der Waals surface area contributed by atoms with E-state index >= 15 is 0 Å². The molecule has 0 saturated carbocycles. The Morgan fingerprint density at radius 2 is 0.732 bits per heavy atom. The van der Waals surface area contributed by atoms with E-state index < -0.39 is 42.0 Å². The minimum atomic E-state index is -2.67. The molecule has 0 heterocycles. The largest absolute Gasteiger partial charge is 0.324 e. The Balaban J connectivity index is -0.0000000638. The fourth-order valence-electron chi connectivity index (χ4n) is 1.67. The Labute approximate surface area is 347 Å². The lowest BCUT2D eigenvalue weighted by Crippen LogP contribution is -2.21. The zero-order valence-electron chi connectivity index (χ0n) is 39.9. The molecule has 0 bridgehead atoms. The average Bonchev–Trinajstić information content (AvgIpc) is 3.06. The molecule has 0 radical (unpaired) electrons. The minimum Gasteiger partial charge on any atom is -0.324 e. The molecule has 0 aromatic heterocycles. The predicted molar refractivity (Wildman–Crippen MR) is 248 cm³/mol. The van der Waals surface area contributed by atoms with Crippen molar-refractivity contribution >= 4 is 76.7 Å². The Bertz CT molecular complexity index is 1280. The molecular formula is C39H88O12P2S2Si. The molecule has 0 aromatic rings. The van der Waals surface area contributed by atoms with Crippen LogP contribution in [0.3, 0.4) is 0 Å². The number of sulfone groups is 2. The Morgan fingerprint density at radius 1 is 0.518 bits per heavy atom. The van der Waals surface area contributed by atoms with E-state index in [-0.39, 0.29) is 46.8 Å². The van der Waals surface area contributed by atoms with E-state index in [4.69, 9.17) is 0 Å². The van der Waals surface area contributed by atoms with Crippen LogP contribution >= 0.6 is 14.3 Å². The van der Waals surface area contributed by atoms with Crippen molar-refractivity contribution in [2.24, 2.45) is 0 Å². The van der Waals surface area contributed by atoms with Crippen molar-refractivity contribution in [3.63, 3.8) is 0 Å². The van der Waals surface area contributed by atoms with Gasteiger partial charge in [-0.25, -0.2) is 16.8 Å². The molecule has 0 spiro atoms. The molecule has 0 rings (SSSR count).